The van der Waals surface area contributed by atoms with Crippen LogP contribution in [0.5, 0.6) is 0 Å². The molecule has 0 spiro atoms. The van der Waals surface area contributed by atoms with E-state index in [-0.39, 0.29) is 5.69 Å². The zero-order valence-corrected chi connectivity index (χ0v) is 11.7. The summed E-state index contributed by atoms with van der Waals surface area (Å²) in [6.07, 6.45) is 0.761. The molecule has 1 aromatic heterocycles. The highest BCUT2D eigenvalue weighted by Gasteiger charge is 2.20. The molecule has 0 radical (unpaired) electrons. The molecule has 0 atom stereocenters. The second-order valence-electron chi connectivity index (χ2n) is 3.86. The Balaban J connectivity index is 2.59. The van der Waals surface area contributed by atoms with Gasteiger partial charge in [0.15, 0.2) is 0 Å². The van der Waals surface area contributed by atoms with Crippen molar-refractivity contribution in [3.63, 3.8) is 0 Å². The Morgan fingerprint density at radius 3 is 3.00 bits per heavy atom. The molecular weight excluding hydrogens is 272 g/mol. The predicted molar refractivity (Wildman–Crippen MR) is 74.4 cm³/mol. The molecule has 96 valence electrons. The fourth-order valence-electron chi connectivity index (χ4n) is 1.63. The molecular formula is C12H13ClN2O2S. The Hall–Kier alpha value is -1.33. The highest BCUT2D eigenvalue weighted by atomic mass is 35.5. The summed E-state index contributed by atoms with van der Waals surface area (Å²) in [7, 11) is 0. The largest absolute Gasteiger partial charge is 0.462 e. The van der Waals surface area contributed by atoms with E-state index in [0.717, 1.165) is 16.1 Å². The highest BCUT2D eigenvalue weighted by molar-refractivity contribution is 7.19. The third kappa shape index (κ3) is 2.28. The summed E-state index contributed by atoms with van der Waals surface area (Å²) in [4.78, 5) is 16.3. The van der Waals surface area contributed by atoms with E-state index in [1.807, 2.05) is 13.8 Å². The second-order valence-corrected chi connectivity index (χ2v) is 5.47. The van der Waals surface area contributed by atoms with E-state index in [2.05, 4.69) is 4.98 Å². The number of fused-ring (bicyclic) bond motifs is 1. The molecule has 18 heavy (non-hydrogen) atoms. The number of nitrogens with zero attached hydrogens (tertiary/aromatic N) is 1. The van der Waals surface area contributed by atoms with Crippen molar-refractivity contribution in [1.82, 2.24) is 4.98 Å². The van der Waals surface area contributed by atoms with Gasteiger partial charge in [0, 0.05) is 0 Å². The lowest BCUT2D eigenvalue weighted by Crippen LogP contribution is -2.09. The predicted octanol–water partition coefficient (Wildman–Crippen LogP) is 3.41. The number of nitrogen functional groups attached to an aromatic ring is 1. The number of hydrogen-bond acceptors (Lipinski definition) is 5. The van der Waals surface area contributed by atoms with Gasteiger partial charge >= 0.3 is 5.97 Å². The number of benzene rings is 1. The van der Waals surface area contributed by atoms with Crippen molar-refractivity contribution in [2.75, 3.05) is 12.3 Å². The summed E-state index contributed by atoms with van der Waals surface area (Å²) in [5.41, 5.74) is 7.15. The number of hydrogen-bond donors (Lipinski definition) is 1. The maximum absolute atomic E-state index is 12.0. The van der Waals surface area contributed by atoms with Crippen LogP contribution in [0.15, 0.2) is 6.07 Å². The zero-order valence-electron chi connectivity index (χ0n) is 10.1. The number of nitrogens with two attached hydrogens (primary N) is 1. The summed E-state index contributed by atoms with van der Waals surface area (Å²) >= 11 is 7.42. The number of rotatable bonds is 3. The Kier molecular flexibility index (Phi) is 3.73. The van der Waals surface area contributed by atoms with Gasteiger partial charge in [0.2, 0.25) is 0 Å². The van der Waals surface area contributed by atoms with Crippen molar-refractivity contribution in [1.29, 1.82) is 0 Å². The van der Waals surface area contributed by atoms with Gasteiger partial charge in [-0.05, 0) is 19.4 Å². The van der Waals surface area contributed by atoms with Crippen LogP contribution in [-0.2, 0) is 4.74 Å². The van der Waals surface area contributed by atoms with Crippen LogP contribution in [0.25, 0.3) is 10.2 Å². The molecule has 2 N–H and O–H groups in total. The molecule has 0 saturated heterocycles. The second kappa shape index (κ2) is 5.12. The minimum absolute atomic E-state index is 0.258. The molecule has 0 bridgehead atoms. The Bertz CT molecular complexity index is 610. The molecule has 2 aromatic rings. The first kappa shape index (κ1) is 13.1. The molecule has 0 aliphatic carbocycles. The molecule has 0 aliphatic heterocycles. The Morgan fingerprint density at radius 1 is 1.61 bits per heavy atom. The van der Waals surface area contributed by atoms with Crippen molar-refractivity contribution in [3.05, 3.63) is 21.7 Å². The smallest absolute Gasteiger partial charge is 0.341 e. The number of ether oxygens (including phenoxy) is 1. The minimum Gasteiger partial charge on any atom is -0.462 e. The summed E-state index contributed by atoms with van der Waals surface area (Å²) in [6.45, 7) is 4.17. The number of thiazole rings is 1. The van der Waals surface area contributed by atoms with Crippen molar-refractivity contribution in [2.24, 2.45) is 0 Å². The van der Waals surface area contributed by atoms with Gasteiger partial charge in [0.05, 0.1) is 32.5 Å². The zero-order chi connectivity index (χ0) is 13.3. The number of aryl methyl sites for hydroxylation is 1. The lowest BCUT2D eigenvalue weighted by Gasteiger charge is -2.08. The van der Waals surface area contributed by atoms with Crippen LogP contribution in [-0.4, -0.2) is 17.6 Å². The van der Waals surface area contributed by atoms with Crippen LogP contribution < -0.4 is 5.73 Å². The lowest BCUT2D eigenvalue weighted by atomic mass is 10.1. The average molecular weight is 285 g/mol. The van der Waals surface area contributed by atoms with E-state index in [0.29, 0.717) is 22.7 Å². The molecule has 0 fully saturated rings. The highest BCUT2D eigenvalue weighted by Crippen LogP contribution is 2.35. The van der Waals surface area contributed by atoms with Gasteiger partial charge in [-0.2, -0.15) is 0 Å². The fourth-order valence-corrected chi connectivity index (χ4v) is 2.77. The van der Waals surface area contributed by atoms with Crippen LogP contribution in [0, 0.1) is 6.92 Å². The molecule has 1 heterocycles. The number of carbonyl (C=O) groups excluding carboxylic acids is 1. The number of halogens is 1. The van der Waals surface area contributed by atoms with Crippen molar-refractivity contribution in [3.8, 4) is 0 Å². The molecule has 0 aliphatic rings. The molecule has 0 unspecified atom stereocenters. The van der Waals surface area contributed by atoms with E-state index in [4.69, 9.17) is 22.1 Å². The summed E-state index contributed by atoms with van der Waals surface area (Å²) < 4.78 is 5.86. The molecule has 0 amide bonds. The van der Waals surface area contributed by atoms with Gasteiger partial charge in [-0.15, -0.1) is 11.3 Å². The normalized spacial score (nSPS) is 10.8. The van der Waals surface area contributed by atoms with Crippen LogP contribution >= 0.6 is 22.9 Å². The number of anilines is 1. The van der Waals surface area contributed by atoms with Gasteiger partial charge in [0.1, 0.15) is 5.56 Å². The quantitative estimate of drug-likeness (QED) is 0.693. The average Bonchev–Trinajstić information content (AvgIpc) is 2.67. The van der Waals surface area contributed by atoms with Crippen LogP contribution in [0.4, 0.5) is 5.69 Å². The van der Waals surface area contributed by atoms with E-state index in [1.54, 1.807) is 6.07 Å². The first-order chi connectivity index (χ1) is 8.54. The SMILES string of the molecule is CCCOC(=O)c1c(N)c(Cl)cc2nc(C)sc12. The van der Waals surface area contributed by atoms with Gasteiger partial charge in [-0.1, -0.05) is 18.5 Å². The van der Waals surface area contributed by atoms with Crippen LogP contribution in [0.2, 0.25) is 5.02 Å². The number of carbonyl (C=O) groups is 1. The molecule has 6 heteroatoms. The van der Waals surface area contributed by atoms with Crippen LogP contribution in [0.3, 0.4) is 0 Å². The van der Waals surface area contributed by atoms with Crippen molar-refractivity contribution < 1.29 is 9.53 Å². The van der Waals surface area contributed by atoms with Crippen molar-refractivity contribution >= 4 is 44.8 Å². The maximum atomic E-state index is 12.0. The van der Waals surface area contributed by atoms with E-state index in [9.17, 15) is 4.79 Å². The first-order valence-electron chi connectivity index (χ1n) is 5.56. The Labute approximate surface area is 114 Å². The van der Waals surface area contributed by atoms with E-state index < -0.39 is 5.97 Å². The molecule has 2 rings (SSSR count). The van der Waals surface area contributed by atoms with E-state index in [1.165, 1.54) is 11.3 Å². The minimum atomic E-state index is -0.439. The molecule has 4 nitrogen and oxygen atoms in total. The topological polar surface area (TPSA) is 65.2 Å². The number of aromatic nitrogens is 1. The lowest BCUT2D eigenvalue weighted by molar-refractivity contribution is 0.0509. The Morgan fingerprint density at radius 2 is 2.33 bits per heavy atom. The van der Waals surface area contributed by atoms with Crippen LogP contribution in [0.1, 0.15) is 28.7 Å². The summed E-state index contributed by atoms with van der Waals surface area (Å²) in [6, 6.07) is 1.67. The maximum Gasteiger partial charge on any atom is 0.341 e. The summed E-state index contributed by atoms with van der Waals surface area (Å²) in [5, 5.41) is 1.19. The third-order valence-electron chi connectivity index (χ3n) is 2.42. The van der Waals surface area contributed by atoms with Crippen molar-refractivity contribution in [2.45, 2.75) is 20.3 Å². The molecule has 1 aromatic carbocycles. The van der Waals surface area contributed by atoms with Gasteiger partial charge in [0.25, 0.3) is 0 Å². The van der Waals surface area contributed by atoms with Gasteiger partial charge in [-0.25, -0.2) is 9.78 Å². The third-order valence-corrected chi connectivity index (χ3v) is 3.74. The first-order valence-corrected chi connectivity index (χ1v) is 6.76. The monoisotopic (exact) mass is 284 g/mol. The fraction of sp³-hybridized carbons (Fsp3) is 0.333. The van der Waals surface area contributed by atoms with Gasteiger partial charge in [-0.3, -0.25) is 0 Å². The summed E-state index contributed by atoms with van der Waals surface area (Å²) in [5.74, 6) is -0.439. The van der Waals surface area contributed by atoms with Gasteiger partial charge < -0.3 is 10.5 Å². The number of esters is 1. The molecule has 0 saturated carbocycles. The van der Waals surface area contributed by atoms with E-state index >= 15 is 0 Å². The standard InChI is InChI=1S/C12H13ClN2O2S/c1-3-4-17-12(16)9-10(14)7(13)5-8-11(9)18-6(2)15-8/h5H,3-4,14H2,1-2H3.